The van der Waals surface area contributed by atoms with Crippen molar-refractivity contribution in [3.05, 3.63) is 79.1 Å². The third-order valence-electron chi connectivity index (χ3n) is 8.26. The van der Waals surface area contributed by atoms with E-state index < -0.39 is 0 Å². The first kappa shape index (κ1) is 29.6. The number of carbonyl (C=O) groups excluding carboxylic acids is 2. The van der Waals surface area contributed by atoms with Crippen molar-refractivity contribution in [2.75, 3.05) is 49.9 Å². The third-order valence-corrected chi connectivity index (χ3v) is 8.26. The molecule has 2 saturated heterocycles. The number of likely N-dealkylation sites (tertiary alicyclic amines) is 2. The number of rotatable bonds is 11. The maximum atomic E-state index is 12.5. The van der Waals surface area contributed by atoms with Crippen LogP contribution in [-0.4, -0.2) is 75.8 Å². The molecule has 0 aliphatic carbocycles. The van der Waals surface area contributed by atoms with Gasteiger partial charge in [-0.25, -0.2) is 4.98 Å². The SMILES string of the molecule is O=C(CCN1CCCC1)Nc1ccc(-c2cc(-c3ccccc3)cc(-c3ccc(NC(=O)CCN4CCCC4)cn3)n2)nc1. The molecular formula is C35H39N7O2. The predicted octanol–water partition coefficient (Wildman–Crippen LogP) is 5.72. The highest BCUT2D eigenvalue weighted by Crippen LogP contribution is 2.29. The van der Waals surface area contributed by atoms with Gasteiger partial charge in [0.25, 0.3) is 0 Å². The molecule has 0 unspecified atom stereocenters. The van der Waals surface area contributed by atoms with Crippen LogP contribution in [0.1, 0.15) is 38.5 Å². The summed E-state index contributed by atoms with van der Waals surface area (Å²) in [7, 11) is 0. The molecule has 2 N–H and O–H groups in total. The van der Waals surface area contributed by atoms with E-state index >= 15 is 0 Å². The number of benzene rings is 1. The van der Waals surface area contributed by atoms with Gasteiger partial charge >= 0.3 is 0 Å². The zero-order valence-corrected chi connectivity index (χ0v) is 25.0. The summed E-state index contributed by atoms with van der Waals surface area (Å²) in [6.45, 7) is 5.89. The van der Waals surface area contributed by atoms with Crippen LogP contribution in [0.25, 0.3) is 33.9 Å². The molecule has 226 valence electrons. The van der Waals surface area contributed by atoms with E-state index in [0.29, 0.717) is 47.0 Å². The zero-order chi connectivity index (χ0) is 30.1. The molecule has 2 fully saturated rings. The lowest BCUT2D eigenvalue weighted by Gasteiger charge is -2.14. The number of hydrogen-bond acceptors (Lipinski definition) is 7. The summed E-state index contributed by atoms with van der Waals surface area (Å²) in [5.41, 5.74) is 6.18. The maximum absolute atomic E-state index is 12.5. The predicted molar refractivity (Wildman–Crippen MR) is 174 cm³/mol. The van der Waals surface area contributed by atoms with Crippen LogP contribution in [0.2, 0.25) is 0 Å². The monoisotopic (exact) mass is 589 g/mol. The third kappa shape index (κ3) is 7.92. The van der Waals surface area contributed by atoms with Gasteiger partial charge in [0, 0.05) is 25.9 Å². The topological polar surface area (TPSA) is 103 Å². The van der Waals surface area contributed by atoms with Crippen LogP contribution < -0.4 is 10.6 Å². The van der Waals surface area contributed by atoms with Crippen LogP contribution in [0.5, 0.6) is 0 Å². The van der Waals surface area contributed by atoms with Gasteiger partial charge in [0.2, 0.25) is 11.8 Å². The standard InChI is InChI=1S/C35H39N7O2/c43-34(14-20-41-16-4-5-17-41)38-28-10-12-30(36-24-28)32-22-27(26-8-2-1-3-9-26)23-33(40-32)31-13-11-29(25-37-31)39-35(44)15-21-42-18-6-7-19-42/h1-3,8-13,22-25H,4-7,14-21H2,(H,38,43)(H,39,44). The van der Waals surface area contributed by atoms with Crippen molar-refractivity contribution in [1.29, 1.82) is 0 Å². The summed E-state index contributed by atoms with van der Waals surface area (Å²) >= 11 is 0. The molecule has 4 aromatic rings. The molecule has 1 aromatic carbocycles. The fourth-order valence-corrected chi connectivity index (χ4v) is 5.81. The molecule has 9 heteroatoms. The van der Waals surface area contributed by atoms with Gasteiger partial charge in [-0.2, -0.15) is 0 Å². The lowest BCUT2D eigenvalue weighted by molar-refractivity contribution is -0.117. The maximum Gasteiger partial charge on any atom is 0.225 e. The first-order valence-corrected chi connectivity index (χ1v) is 15.6. The normalized spacial score (nSPS) is 15.4. The molecule has 2 aliphatic heterocycles. The Morgan fingerprint density at radius 1 is 0.591 bits per heavy atom. The van der Waals surface area contributed by atoms with E-state index in [9.17, 15) is 9.59 Å². The smallest absolute Gasteiger partial charge is 0.225 e. The van der Waals surface area contributed by atoms with E-state index in [-0.39, 0.29) is 11.8 Å². The molecule has 6 rings (SSSR count). The number of nitrogens with zero attached hydrogens (tertiary/aromatic N) is 5. The van der Waals surface area contributed by atoms with Crippen molar-refractivity contribution in [3.8, 4) is 33.9 Å². The Labute approximate surface area is 258 Å². The minimum atomic E-state index is -0.00441. The first-order valence-electron chi connectivity index (χ1n) is 15.6. The van der Waals surface area contributed by atoms with Crippen molar-refractivity contribution in [2.45, 2.75) is 38.5 Å². The van der Waals surface area contributed by atoms with Crippen LogP contribution in [0.15, 0.2) is 79.1 Å². The number of hydrogen-bond donors (Lipinski definition) is 2. The van der Waals surface area contributed by atoms with Gasteiger partial charge in [0.1, 0.15) is 0 Å². The van der Waals surface area contributed by atoms with Gasteiger partial charge in [0.15, 0.2) is 0 Å². The fraction of sp³-hybridized carbons (Fsp3) is 0.343. The second kappa shape index (κ2) is 14.3. The molecule has 0 spiro atoms. The Hall–Kier alpha value is -4.47. The van der Waals surface area contributed by atoms with E-state index in [4.69, 9.17) is 4.98 Å². The Morgan fingerprint density at radius 2 is 1.07 bits per heavy atom. The molecule has 0 atom stereocenters. The molecule has 9 nitrogen and oxygen atoms in total. The number of anilines is 2. The Balaban J connectivity index is 1.16. The quantitative estimate of drug-likeness (QED) is 0.231. The summed E-state index contributed by atoms with van der Waals surface area (Å²) in [5, 5.41) is 5.94. The van der Waals surface area contributed by atoms with Gasteiger partial charge in [-0.05, 0) is 99.4 Å². The lowest BCUT2D eigenvalue weighted by atomic mass is 10.0. The number of pyridine rings is 3. The van der Waals surface area contributed by atoms with E-state index in [1.165, 1.54) is 25.7 Å². The van der Waals surface area contributed by atoms with E-state index in [2.05, 4.69) is 42.5 Å². The van der Waals surface area contributed by atoms with Crippen LogP contribution in [0.4, 0.5) is 11.4 Å². The molecule has 0 saturated carbocycles. The minimum Gasteiger partial charge on any atom is -0.325 e. The average molecular weight is 590 g/mol. The van der Waals surface area contributed by atoms with Crippen molar-refractivity contribution < 1.29 is 9.59 Å². The van der Waals surface area contributed by atoms with E-state index in [0.717, 1.165) is 50.4 Å². The van der Waals surface area contributed by atoms with Crippen molar-refractivity contribution in [3.63, 3.8) is 0 Å². The Kier molecular flexibility index (Phi) is 9.64. The molecule has 2 aliphatic rings. The molecule has 3 aromatic heterocycles. The van der Waals surface area contributed by atoms with Crippen molar-refractivity contribution >= 4 is 23.2 Å². The molecular weight excluding hydrogens is 550 g/mol. The number of carbonyl (C=O) groups is 2. The summed E-state index contributed by atoms with van der Waals surface area (Å²) < 4.78 is 0. The Morgan fingerprint density at radius 3 is 1.50 bits per heavy atom. The second-order valence-corrected chi connectivity index (χ2v) is 11.6. The molecule has 0 radical (unpaired) electrons. The fourth-order valence-electron chi connectivity index (χ4n) is 5.81. The molecule has 2 amide bonds. The highest BCUT2D eigenvalue weighted by molar-refractivity contribution is 5.91. The van der Waals surface area contributed by atoms with E-state index in [1.54, 1.807) is 12.4 Å². The van der Waals surface area contributed by atoms with Gasteiger partial charge < -0.3 is 20.4 Å². The Bertz CT molecular complexity index is 1450. The van der Waals surface area contributed by atoms with Crippen molar-refractivity contribution in [1.82, 2.24) is 24.8 Å². The van der Waals surface area contributed by atoms with Gasteiger partial charge in [-0.15, -0.1) is 0 Å². The first-order chi connectivity index (χ1) is 21.6. The molecule has 0 bridgehead atoms. The van der Waals surface area contributed by atoms with Gasteiger partial charge in [-0.3, -0.25) is 19.6 Å². The number of amides is 2. The molecule has 44 heavy (non-hydrogen) atoms. The van der Waals surface area contributed by atoms with Crippen molar-refractivity contribution in [2.24, 2.45) is 0 Å². The summed E-state index contributed by atoms with van der Waals surface area (Å²) in [6.07, 6.45) is 9.16. The highest BCUT2D eigenvalue weighted by Gasteiger charge is 2.15. The minimum absolute atomic E-state index is 0.00441. The van der Waals surface area contributed by atoms with Crippen LogP contribution in [0, 0.1) is 0 Å². The van der Waals surface area contributed by atoms with Crippen LogP contribution >= 0.6 is 0 Å². The average Bonchev–Trinajstić information content (AvgIpc) is 3.79. The lowest BCUT2D eigenvalue weighted by Crippen LogP contribution is -2.25. The highest BCUT2D eigenvalue weighted by atomic mass is 16.2. The largest absolute Gasteiger partial charge is 0.325 e. The summed E-state index contributed by atoms with van der Waals surface area (Å²) in [5.74, 6) is -0.00882. The zero-order valence-electron chi connectivity index (χ0n) is 25.0. The second-order valence-electron chi connectivity index (χ2n) is 11.6. The van der Waals surface area contributed by atoms with Gasteiger partial charge in [-0.1, -0.05) is 30.3 Å². The van der Waals surface area contributed by atoms with Crippen LogP contribution in [0.3, 0.4) is 0 Å². The number of nitrogens with one attached hydrogen (secondary N) is 2. The summed E-state index contributed by atoms with van der Waals surface area (Å²) in [4.78, 5) is 43.8. The van der Waals surface area contributed by atoms with E-state index in [1.807, 2.05) is 54.6 Å². The molecule has 5 heterocycles. The summed E-state index contributed by atoms with van der Waals surface area (Å²) in [6, 6.07) is 21.7. The van der Waals surface area contributed by atoms with Crippen LogP contribution in [-0.2, 0) is 9.59 Å². The number of aromatic nitrogens is 3. The van der Waals surface area contributed by atoms with Gasteiger partial charge in [0.05, 0.1) is 46.5 Å².